The molecule has 36 heavy (non-hydrogen) atoms. The van der Waals surface area contributed by atoms with Gasteiger partial charge in [-0.3, -0.25) is 8.98 Å². The van der Waals surface area contributed by atoms with E-state index in [0.717, 1.165) is 18.4 Å². The van der Waals surface area contributed by atoms with E-state index >= 15 is 0 Å². The number of carbonyl (C=O) groups is 1. The van der Waals surface area contributed by atoms with Crippen molar-refractivity contribution in [3.63, 3.8) is 0 Å². The van der Waals surface area contributed by atoms with E-state index < -0.39 is 22.5 Å². The van der Waals surface area contributed by atoms with E-state index in [1.165, 1.54) is 42.0 Å². The van der Waals surface area contributed by atoms with Crippen molar-refractivity contribution < 1.29 is 22.5 Å². The van der Waals surface area contributed by atoms with Crippen molar-refractivity contribution in [2.75, 3.05) is 12.4 Å². The van der Waals surface area contributed by atoms with Crippen LogP contribution < -0.4 is 10.0 Å². The van der Waals surface area contributed by atoms with Crippen LogP contribution in [0.15, 0.2) is 42.2 Å². The number of thiophene rings is 1. The number of halogens is 1. The van der Waals surface area contributed by atoms with Crippen molar-refractivity contribution in [1.29, 1.82) is 0 Å². The molecule has 0 bridgehead atoms. The number of carbonyl (C=O) groups excluding carboxylic acids is 1. The van der Waals surface area contributed by atoms with E-state index in [1.54, 1.807) is 0 Å². The molecule has 0 spiro atoms. The van der Waals surface area contributed by atoms with Gasteiger partial charge in [-0.25, -0.2) is 9.97 Å². The zero-order valence-electron chi connectivity index (χ0n) is 19.3. The molecule has 0 unspecified atom stereocenters. The van der Waals surface area contributed by atoms with Crippen LogP contribution in [-0.4, -0.2) is 54.6 Å². The highest BCUT2D eigenvalue weighted by Gasteiger charge is 2.37. The van der Waals surface area contributed by atoms with Crippen LogP contribution in [0.25, 0.3) is 0 Å². The van der Waals surface area contributed by atoms with Crippen LogP contribution >= 0.6 is 22.9 Å². The lowest BCUT2D eigenvalue weighted by atomic mass is 9.94. The van der Waals surface area contributed by atoms with Gasteiger partial charge in [-0.1, -0.05) is 17.7 Å². The molecule has 1 aromatic carbocycles. The van der Waals surface area contributed by atoms with Gasteiger partial charge in [0.05, 0.1) is 16.5 Å². The fourth-order valence-corrected chi connectivity index (χ4v) is 6.64. The van der Waals surface area contributed by atoms with Gasteiger partial charge in [-0.05, 0) is 66.0 Å². The Balaban J connectivity index is 1.32. The minimum absolute atomic E-state index is 0.201. The van der Waals surface area contributed by atoms with Crippen LogP contribution in [0.5, 0.6) is 0 Å². The Morgan fingerprint density at radius 2 is 2.11 bits per heavy atom. The molecular weight excluding hydrogens is 524 g/mol. The molecule has 1 fully saturated rings. The molecular formula is C24H25ClN4O5S2. The maximum atomic E-state index is 13.4. The first-order chi connectivity index (χ1) is 17.2. The van der Waals surface area contributed by atoms with Crippen molar-refractivity contribution in [2.24, 2.45) is 0 Å². The SMILES string of the molecule is CNS(=O)(=O)O[C@@H]1C[C@H](Nc2ncncc2C(=O)c2cc([C@H]3CCc4ccc(Cl)cc43)cs2)C[C@@H]1O. The number of aryl methyl sites for hydroxylation is 1. The monoisotopic (exact) mass is 548 g/mol. The average molecular weight is 549 g/mol. The van der Waals surface area contributed by atoms with Gasteiger partial charge in [0.15, 0.2) is 0 Å². The first-order valence-corrected chi connectivity index (χ1v) is 14.2. The third-order valence-electron chi connectivity index (χ3n) is 6.70. The predicted octanol–water partition coefficient (Wildman–Crippen LogP) is 3.29. The van der Waals surface area contributed by atoms with Gasteiger partial charge in [0, 0.05) is 30.2 Å². The van der Waals surface area contributed by atoms with Crippen LogP contribution in [0, 0.1) is 0 Å². The summed E-state index contributed by atoms with van der Waals surface area (Å²) in [6, 6.07) is 7.58. The van der Waals surface area contributed by atoms with Crippen LogP contribution in [-0.2, 0) is 20.9 Å². The van der Waals surface area contributed by atoms with Gasteiger partial charge in [-0.15, -0.1) is 11.3 Å². The summed E-state index contributed by atoms with van der Waals surface area (Å²) in [6.07, 6.45) is 3.34. The highest BCUT2D eigenvalue weighted by Crippen LogP contribution is 2.41. The zero-order chi connectivity index (χ0) is 25.4. The summed E-state index contributed by atoms with van der Waals surface area (Å²) in [5.74, 6) is 0.326. The molecule has 190 valence electrons. The first kappa shape index (κ1) is 25.2. The highest BCUT2D eigenvalue weighted by atomic mass is 35.5. The lowest BCUT2D eigenvalue weighted by Gasteiger charge is -2.15. The van der Waals surface area contributed by atoms with Gasteiger partial charge in [0.2, 0.25) is 5.78 Å². The van der Waals surface area contributed by atoms with E-state index in [0.29, 0.717) is 21.3 Å². The molecule has 2 aliphatic carbocycles. The minimum atomic E-state index is -3.94. The lowest BCUT2D eigenvalue weighted by Crippen LogP contribution is -2.31. The Morgan fingerprint density at radius 1 is 1.28 bits per heavy atom. The average Bonchev–Trinajstić information content (AvgIpc) is 3.57. The second kappa shape index (κ2) is 10.2. The first-order valence-electron chi connectivity index (χ1n) is 11.5. The number of fused-ring (bicyclic) bond motifs is 1. The quantitative estimate of drug-likeness (QED) is 0.366. The van der Waals surface area contributed by atoms with E-state index in [2.05, 4.69) is 26.1 Å². The fraction of sp³-hybridized carbons (Fsp3) is 0.375. The Labute approximate surface area is 218 Å². The lowest BCUT2D eigenvalue weighted by molar-refractivity contribution is 0.0636. The third kappa shape index (κ3) is 5.17. The normalized spacial score (nSPS) is 23.5. The number of ketones is 1. The van der Waals surface area contributed by atoms with Gasteiger partial charge >= 0.3 is 10.3 Å². The van der Waals surface area contributed by atoms with Gasteiger partial charge < -0.3 is 10.4 Å². The molecule has 0 radical (unpaired) electrons. The summed E-state index contributed by atoms with van der Waals surface area (Å²) < 4.78 is 30.5. The van der Waals surface area contributed by atoms with E-state index in [1.807, 2.05) is 23.6 Å². The predicted molar refractivity (Wildman–Crippen MR) is 137 cm³/mol. The summed E-state index contributed by atoms with van der Waals surface area (Å²) in [6.45, 7) is 0. The summed E-state index contributed by atoms with van der Waals surface area (Å²) in [5, 5.41) is 16.2. The Hall–Kier alpha value is -2.41. The molecule has 2 aliphatic rings. The zero-order valence-corrected chi connectivity index (χ0v) is 21.7. The van der Waals surface area contributed by atoms with Crippen LogP contribution in [0.2, 0.25) is 5.02 Å². The maximum Gasteiger partial charge on any atom is 0.335 e. The molecule has 3 N–H and O–H groups in total. The highest BCUT2D eigenvalue weighted by molar-refractivity contribution is 7.84. The van der Waals surface area contributed by atoms with Crippen LogP contribution in [0.1, 0.15) is 57.1 Å². The number of aromatic nitrogens is 2. The van der Waals surface area contributed by atoms with Crippen LogP contribution in [0.4, 0.5) is 5.82 Å². The molecule has 9 nitrogen and oxygen atoms in total. The number of aliphatic hydroxyl groups is 1. The van der Waals surface area contributed by atoms with Crippen molar-refractivity contribution in [1.82, 2.24) is 14.7 Å². The molecule has 1 saturated carbocycles. The molecule has 5 rings (SSSR count). The summed E-state index contributed by atoms with van der Waals surface area (Å²) in [5.41, 5.74) is 3.89. The second-order valence-electron chi connectivity index (χ2n) is 8.97. The minimum Gasteiger partial charge on any atom is -0.390 e. The summed E-state index contributed by atoms with van der Waals surface area (Å²) >= 11 is 7.61. The molecule has 3 aromatic rings. The standard InChI is InChI=1S/C24H25ClN4O5S2/c1-26-36(32,33)34-21-9-16(8-20(21)30)29-24-19(10-27-12-28-24)23(31)22-6-14(11-35-22)17-5-3-13-2-4-15(25)7-18(13)17/h2,4,6-7,10-12,16-17,20-21,26,30H,3,5,8-9H2,1H3,(H,27,28,29)/t16-,17-,20+,21-/m1/s1. The number of benzene rings is 1. The second-order valence-corrected chi connectivity index (χ2v) is 11.8. The molecule has 4 atom stereocenters. The molecule has 0 amide bonds. The van der Waals surface area contributed by atoms with Gasteiger partial charge in [0.25, 0.3) is 0 Å². The Bertz CT molecular complexity index is 1400. The third-order valence-corrected chi connectivity index (χ3v) is 8.88. The number of anilines is 1. The fourth-order valence-electron chi connectivity index (χ4n) is 4.92. The van der Waals surface area contributed by atoms with Crippen molar-refractivity contribution in [3.8, 4) is 0 Å². The van der Waals surface area contributed by atoms with Crippen LogP contribution in [0.3, 0.4) is 0 Å². The molecule has 12 heteroatoms. The van der Waals surface area contributed by atoms with E-state index in [-0.39, 0.29) is 30.6 Å². The smallest absolute Gasteiger partial charge is 0.335 e. The summed E-state index contributed by atoms with van der Waals surface area (Å²) in [4.78, 5) is 22.3. The number of aliphatic hydroxyl groups excluding tert-OH is 1. The van der Waals surface area contributed by atoms with Gasteiger partial charge in [0.1, 0.15) is 18.2 Å². The number of rotatable bonds is 8. The molecule has 2 aromatic heterocycles. The molecule has 0 aliphatic heterocycles. The Morgan fingerprint density at radius 3 is 2.92 bits per heavy atom. The van der Waals surface area contributed by atoms with E-state index in [9.17, 15) is 18.3 Å². The van der Waals surface area contributed by atoms with Crippen molar-refractivity contribution >= 4 is 44.8 Å². The van der Waals surface area contributed by atoms with E-state index in [4.69, 9.17) is 15.8 Å². The summed E-state index contributed by atoms with van der Waals surface area (Å²) in [7, 11) is -2.70. The number of nitrogens with one attached hydrogen (secondary N) is 2. The largest absolute Gasteiger partial charge is 0.390 e. The number of hydrogen-bond acceptors (Lipinski definition) is 9. The number of hydrogen-bond donors (Lipinski definition) is 3. The van der Waals surface area contributed by atoms with Crippen molar-refractivity contribution in [3.05, 3.63) is 74.3 Å². The van der Waals surface area contributed by atoms with Crippen molar-refractivity contribution in [2.45, 2.75) is 49.9 Å². The molecule has 0 saturated heterocycles. The molecule has 2 heterocycles. The topological polar surface area (TPSA) is 131 Å². The number of nitrogens with zero attached hydrogens (tertiary/aromatic N) is 2. The maximum absolute atomic E-state index is 13.4. The van der Waals surface area contributed by atoms with Gasteiger partial charge in [-0.2, -0.15) is 13.1 Å². The Kier molecular flexibility index (Phi) is 7.12.